The Hall–Kier alpha value is -2.60. The van der Waals surface area contributed by atoms with Crippen molar-refractivity contribution in [1.29, 1.82) is 0 Å². The lowest BCUT2D eigenvalue weighted by molar-refractivity contribution is 1.81. The summed E-state index contributed by atoms with van der Waals surface area (Å²) in [5, 5.41) is 8.17. The van der Waals surface area contributed by atoms with Crippen molar-refractivity contribution in [2.24, 2.45) is 0 Å². The van der Waals surface area contributed by atoms with Gasteiger partial charge in [0.15, 0.2) is 0 Å². The summed E-state index contributed by atoms with van der Waals surface area (Å²) in [5.41, 5.74) is 2.72. The average molecular weight is 252 g/mol. The first kappa shape index (κ1) is 10.2. The van der Waals surface area contributed by atoms with Crippen LogP contribution >= 0.6 is 0 Å². The highest BCUT2D eigenvalue weighted by molar-refractivity contribution is 6.28. The van der Waals surface area contributed by atoms with Crippen LogP contribution in [0.5, 0.6) is 0 Å². The van der Waals surface area contributed by atoms with Gasteiger partial charge >= 0.3 is 0 Å². The number of benzene rings is 3. The van der Waals surface area contributed by atoms with Crippen molar-refractivity contribution in [3.05, 3.63) is 72.8 Å². The SMILES string of the molecule is c1ccc2c3c(ccc-3c1)c1cccc3cccc2c31. The maximum absolute atomic E-state index is 2.26. The minimum Gasteiger partial charge on any atom is -0.0616 e. The van der Waals surface area contributed by atoms with E-state index < -0.39 is 0 Å². The molecule has 0 nitrogen and oxygen atoms in total. The van der Waals surface area contributed by atoms with Gasteiger partial charge in [0, 0.05) is 0 Å². The molecule has 5 rings (SSSR count). The molecule has 3 aromatic rings. The molecule has 0 spiro atoms. The second-order valence-corrected chi connectivity index (χ2v) is 5.42. The normalized spacial score (nSPS) is 12.0. The molecule has 0 aromatic heterocycles. The summed E-state index contributed by atoms with van der Waals surface area (Å²) in [6.45, 7) is 0. The van der Waals surface area contributed by atoms with E-state index in [1.165, 1.54) is 43.4 Å². The highest BCUT2D eigenvalue weighted by Crippen LogP contribution is 2.43. The molecule has 0 radical (unpaired) electrons. The third kappa shape index (κ3) is 1.12. The lowest BCUT2D eigenvalue weighted by Gasteiger charge is -2.11. The molecule has 0 amide bonds. The summed E-state index contributed by atoms with van der Waals surface area (Å²) in [6.07, 6.45) is 0. The van der Waals surface area contributed by atoms with Crippen molar-refractivity contribution in [3.8, 4) is 11.1 Å². The maximum Gasteiger partial charge on any atom is -0.00264 e. The molecule has 0 heterocycles. The lowest BCUT2D eigenvalue weighted by atomic mass is 9.92. The zero-order valence-electron chi connectivity index (χ0n) is 10.9. The van der Waals surface area contributed by atoms with Gasteiger partial charge in [-0.3, -0.25) is 0 Å². The van der Waals surface area contributed by atoms with Gasteiger partial charge in [-0.1, -0.05) is 72.8 Å². The summed E-state index contributed by atoms with van der Waals surface area (Å²) in [7, 11) is 0. The summed E-state index contributed by atoms with van der Waals surface area (Å²) >= 11 is 0. The molecule has 0 saturated carbocycles. The molecule has 3 aromatic carbocycles. The van der Waals surface area contributed by atoms with Gasteiger partial charge in [0.05, 0.1) is 0 Å². The van der Waals surface area contributed by atoms with Crippen LogP contribution in [-0.4, -0.2) is 0 Å². The molecular weight excluding hydrogens is 240 g/mol. The molecule has 2 aliphatic carbocycles. The van der Waals surface area contributed by atoms with Gasteiger partial charge < -0.3 is 0 Å². The molecular formula is C20H12. The van der Waals surface area contributed by atoms with Crippen LogP contribution in [0.3, 0.4) is 0 Å². The summed E-state index contributed by atoms with van der Waals surface area (Å²) in [5.74, 6) is 0. The van der Waals surface area contributed by atoms with E-state index >= 15 is 0 Å². The molecule has 2 aliphatic rings. The van der Waals surface area contributed by atoms with E-state index in [9.17, 15) is 0 Å². The van der Waals surface area contributed by atoms with Crippen LogP contribution in [0.1, 0.15) is 0 Å². The predicted molar refractivity (Wildman–Crippen MR) is 86.8 cm³/mol. The third-order valence-corrected chi connectivity index (χ3v) is 4.39. The summed E-state index contributed by atoms with van der Waals surface area (Å²) in [6, 6.07) is 26.4. The van der Waals surface area contributed by atoms with Crippen molar-refractivity contribution < 1.29 is 0 Å². The second kappa shape index (κ2) is 3.49. The standard InChI is InChI=1S/C20H12/c1-2-8-15-16-9-3-6-13-7-4-10-17(19(13)16)18-12-11-14(5-1)20(15)18/h1-12H. The molecule has 0 fully saturated rings. The molecule has 0 N–H and O–H groups in total. The summed E-state index contributed by atoms with van der Waals surface area (Å²) < 4.78 is 0. The maximum atomic E-state index is 2.26. The monoisotopic (exact) mass is 252 g/mol. The predicted octanol–water partition coefficient (Wildman–Crippen LogP) is 5.69. The fourth-order valence-corrected chi connectivity index (χ4v) is 3.57. The second-order valence-electron chi connectivity index (χ2n) is 5.42. The molecule has 92 valence electrons. The Balaban J connectivity index is 2.26. The van der Waals surface area contributed by atoms with E-state index in [0.717, 1.165) is 0 Å². The fourth-order valence-electron chi connectivity index (χ4n) is 3.57. The van der Waals surface area contributed by atoms with Gasteiger partial charge in [-0.2, -0.15) is 0 Å². The minimum atomic E-state index is 1.33. The Bertz CT molecular complexity index is 1030. The molecule has 0 unspecified atom stereocenters. The first-order valence-electron chi connectivity index (χ1n) is 6.98. The van der Waals surface area contributed by atoms with E-state index in [4.69, 9.17) is 0 Å². The van der Waals surface area contributed by atoms with Crippen molar-refractivity contribution >= 4 is 32.3 Å². The number of hydrogen-bond donors (Lipinski definition) is 0. The number of hydrogen-bond acceptors (Lipinski definition) is 0. The van der Waals surface area contributed by atoms with Crippen molar-refractivity contribution in [3.63, 3.8) is 0 Å². The van der Waals surface area contributed by atoms with Gasteiger partial charge in [0.2, 0.25) is 0 Å². The molecule has 0 bridgehead atoms. The third-order valence-electron chi connectivity index (χ3n) is 4.39. The van der Waals surface area contributed by atoms with Gasteiger partial charge in [0.25, 0.3) is 0 Å². The van der Waals surface area contributed by atoms with Gasteiger partial charge in [-0.25, -0.2) is 0 Å². The van der Waals surface area contributed by atoms with Crippen LogP contribution in [-0.2, 0) is 0 Å². The quantitative estimate of drug-likeness (QED) is 0.332. The molecule has 0 aliphatic heterocycles. The van der Waals surface area contributed by atoms with Crippen LogP contribution in [0.25, 0.3) is 43.4 Å². The molecule has 0 atom stereocenters. The number of rotatable bonds is 0. The van der Waals surface area contributed by atoms with E-state index in [1.54, 1.807) is 0 Å². The fraction of sp³-hybridized carbons (Fsp3) is 0. The molecule has 0 saturated heterocycles. The Morgan fingerprint density at radius 2 is 1.10 bits per heavy atom. The molecule has 0 heteroatoms. The highest BCUT2D eigenvalue weighted by Gasteiger charge is 2.15. The Morgan fingerprint density at radius 3 is 1.90 bits per heavy atom. The lowest BCUT2D eigenvalue weighted by Crippen LogP contribution is -1.83. The van der Waals surface area contributed by atoms with E-state index in [2.05, 4.69) is 72.8 Å². The van der Waals surface area contributed by atoms with Crippen molar-refractivity contribution in [1.82, 2.24) is 0 Å². The van der Waals surface area contributed by atoms with Crippen molar-refractivity contribution in [2.75, 3.05) is 0 Å². The topological polar surface area (TPSA) is 0 Å². The van der Waals surface area contributed by atoms with Crippen LogP contribution < -0.4 is 0 Å². The Kier molecular flexibility index (Phi) is 1.78. The zero-order valence-corrected chi connectivity index (χ0v) is 10.9. The summed E-state index contributed by atoms with van der Waals surface area (Å²) in [4.78, 5) is 0. The Morgan fingerprint density at radius 1 is 0.450 bits per heavy atom. The zero-order chi connectivity index (χ0) is 13.1. The van der Waals surface area contributed by atoms with Gasteiger partial charge in [-0.05, 0) is 43.4 Å². The smallest absolute Gasteiger partial charge is 0.00264 e. The van der Waals surface area contributed by atoms with Crippen molar-refractivity contribution in [2.45, 2.75) is 0 Å². The number of fused-ring (bicyclic) bond motifs is 2. The van der Waals surface area contributed by atoms with E-state index in [0.29, 0.717) is 0 Å². The average Bonchev–Trinajstić information content (AvgIpc) is 2.79. The van der Waals surface area contributed by atoms with Gasteiger partial charge in [-0.15, -0.1) is 0 Å². The van der Waals surface area contributed by atoms with E-state index in [-0.39, 0.29) is 0 Å². The van der Waals surface area contributed by atoms with Crippen LogP contribution in [0, 0.1) is 0 Å². The first-order chi connectivity index (χ1) is 9.93. The Labute approximate surface area is 116 Å². The largest absolute Gasteiger partial charge is 0.0616 e. The van der Waals surface area contributed by atoms with Crippen LogP contribution in [0.2, 0.25) is 0 Å². The van der Waals surface area contributed by atoms with E-state index in [1.807, 2.05) is 0 Å². The van der Waals surface area contributed by atoms with Crippen LogP contribution in [0.4, 0.5) is 0 Å². The first-order valence-corrected chi connectivity index (χ1v) is 6.98. The van der Waals surface area contributed by atoms with Crippen LogP contribution in [0.15, 0.2) is 72.8 Å². The minimum absolute atomic E-state index is 1.33. The van der Waals surface area contributed by atoms with Gasteiger partial charge in [0.1, 0.15) is 0 Å². The highest BCUT2D eigenvalue weighted by atomic mass is 14.2. The molecule has 20 heavy (non-hydrogen) atoms.